The number of carboxylic acids is 1. The zero-order chi connectivity index (χ0) is 17.4. The highest BCUT2D eigenvalue weighted by Gasteiger charge is 2.13. The van der Waals surface area contributed by atoms with E-state index < -0.39 is 11.8 Å². The van der Waals surface area contributed by atoms with Gasteiger partial charge in [-0.3, -0.25) is 0 Å². The van der Waals surface area contributed by atoms with Crippen LogP contribution in [0.1, 0.15) is 10.4 Å². The van der Waals surface area contributed by atoms with Gasteiger partial charge in [-0.25, -0.2) is 14.2 Å². The van der Waals surface area contributed by atoms with Gasteiger partial charge in [0.2, 0.25) is 0 Å². The minimum absolute atomic E-state index is 0.0866. The second kappa shape index (κ2) is 5.87. The molecule has 0 aliphatic rings. The van der Waals surface area contributed by atoms with Crippen molar-refractivity contribution in [3.05, 3.63) is 78.4 Å². The first-order valence-electron chi connectivity index (χ1n) is 7.68. The third kappa shape index (κ3) is 2.76. The molecule has 5 heteroatoms. The second-order valence-electron chi connectivity index (χ2n) is 5.72. The van der Waals surface area contributed by atoms with Gasteiger partial charge < -0.3 is 10.1 Å². The van der Waals surface area contributed by atoms with Gasteiger partial charge in [0.25, 0.3) is 0 Å². The Kier molecular flexibility index (Phi) is 3.54. The highest BCUT2D eigenvalue weighted by atomic mass is 19.1. The standard InChI is InChI=1S/C20H13FN2O2/c21-16-7-13(6-14(8-16)20(24)25)18-11-23-19-17(18)9-15(10-22-19)12-4-2-1-3-5-12/h1-11H,(H,22,23)(H,24,25). The molecule has 122 valence electrons. The molecule has 2 aromatic carbocycles. The van der Waals surface area contributed by atoms with E-state index in [1.54, 1.807) is 12.4 Å². The number of carboxylic acid groups (broad SMARTS) is 1. The number of pyridine rings is 1. The van der Waals surface area contributed by atoms with Crippen LogP contribution in [0.5, 0.6) is 0 Å². The average molecular weight is 332 g/mol. The Morgan fingerprint density at radius 2 is 1.80 bits per heavy atom. The van der Waals surface area contributed by atoms with Crippen molar-refractivity contribution in [2.24, 2.45) is 0 Å². The first kappa shape index (κ1) is 15.1. The van der Waals surface area contributed by atoms with Gasteiger partial charge in [-0.05, 0) is 35.4 Å². The lowest BCUT2D eigenvalue weighted by Crippen LogP contribution is -1.97. The van der Waals surface area contributed by atoms with Gasteiger partial charge in [0.05, 0.1) is 5.56 Å². The molecule has 0 spiro atoms. The Morgan fingerprint density at radius 1 is 1.00 bits per heavy atom. The molecule has 4 nitrogen and oxygen atoms in total. The lowest BCUT2D eigenvalue weighted by molar-refractivity contribution is 0.0696. The van der Waals surface area contributed by atoms with Crippen LogP contribution >= 0.6 is 0 Å². The molecule has 2 N–H and O–H groups in total. The Hall–Kier alpha value is -3.47. The lowest BCUT2D eigenvalue weighted by atomic mass is 10.0. The number of hydrogen-bond donors (Lipinski definition) is 2. The summed E-state index contributed by atoms with van der Waals surface area (Å²) in [4.78, 5) is 18.7. The summed E-state index contributed by atoms with van der Waals surface area (Å²) in [5.74, 6) is -1.75. The predicted octanol–water partition coefficient (Wildman–Crippen LogP) is 4.73. The summed E-state index contributed by atoms with van der Waals surface area (Å²) in [5.41, 5.74) is 3.74. The zero-order valence-electron chi connectivity index (χ0n) is 13.0. The maximum Gasteiger partial charge on any atom is 0.335 e. The number of H-pyrrole nitrogens is 1. The largest absolute Gasteiger partial charge is 0.478 e. The van der Waals surface area contributed by atoms with Gasteiger partial charge in [-0.2, -0.15) is 0 Å². The molecule has 25 heavy (non-hydrogen) atoms. The van der Waals surface area contributed by atoms with E-state index in [1.807, 2.05) is 36.4 Å². The number of halogens is 1. The molecule has 0 aliphatic heterocycles. The summed E-state index contributed by atoms with van der Waals surface area (Å²) in [7, 11) is 0. The van der Waals surface area contributed by atoms with E-state index in [-0.39, 0.29) is 5.56 Å². The maximum atomic E-state index is 13.8. The van der Waals surface area contributed by atoms with Crippen molar-refractivity contribution in [1.29, 1.82) is 0 Å². The molecular formula is C20H13FN2O2. The summed E-state index contributed by atoms with van der Waals surface area (Å²) in [6.07, 6.45) is 3.49. The van der Waals surface area contributed by atoms with Crippen LogP contribution in [-0.2, 0) is 0 Å². The minimum Gasteiger partial charge on any atom is -0.478 e. The van der Waals surface area contributed by atoms with Crippen molar-refractivity contribution in [2.45, 2.75) is 0 Å². The fourth-order valence-corrected chi connectivity index (χ4v) is 2.90. The molecule has 4 aromatic rings. The highest BCUT2D eigenvalue weighted by molar-refractivity contribution is 5.97. The van der Waals surface area contributed by atoms with Crippen molar-refractivity contribution in [1.82, 2.24) is 9.97 Å². The van der Waals surface area contributed by atoms with E-state index in [2.05, 4.69) is 9.97 Å². The molecule has 0 unspecified atom stereocenters. The molecule has 0 bridgehead atoms. The van der Waals surface area contributed by atoms with Gasteiger partial charge in [-0.15, -0.1) is 0 Å². The zero-order valence-corrected chi connectivity index (χ0v) is 13.0. The van der Waals surface area contributed by atoms with Crippen molar-refractivity contribution in [2.75, 3.05) is 0 Å². The number of rotatable bonds is 3. The van der Waals surface area contributed by atoms with Crippen LogP contribution < -0.4 is 0 Å². The van der Waals surface area contributed by atoms with Crippen molar-refractivity contribution in [3.63, 3.8) is 0 Å². The highest BCUT2D eigenvalue weighted by Crippen LogP contribution is 2.31. The van der Waals surface area contributed by atoms with Crippen LogP contribution in [0.2, 0.25) is 0 Å². The normalized spacial score (nSPS) is 10.9. The number of hydrogen-bond acceptors (Lipinski definition) is 2. The number of aromatic amines is 1. The van der Waals surface area contributed by atoms with Crippen LogP contribution in [0.3, 0.4) is 0 Å². The monoisotopic (exact) mass is 332 g/mol. The number of nitrogens with zero attached hydrogens (tertiary/aromatic N) is 1. The van der Waals surface area contributed by atoms with Crippen LogP contribution in [0.15, 0.2) is 67.0 Å². The fraction of sp³-hybridized carbons (Fsp3) is 0. The first-order valence-corrected chi connectivity index (χ1v) is 7.68. The first-order chi connectivity index (χ1) is 12.1. The van der Waals surface area contributed by atoms with Crippen LogP contribution in [-0.4, -0.2) is 21.0 Å². The number of benzene rings is 2. The van der Waals surface area contributed by atoms with Crippen molar-refractivity contribution < 1.29 is 14.3 Å². The quantitative estimate of drug-likeness (QED) is 0.570. The van der Waals surface area contributed by atoms with Gasteiger partial charge in [0.1, 0.15) is 11.5 Å². The van der Waals surface area contributed by atoms with Crippen LogP contribution in [0, 0.1) is 5.82 Å². The Balaban J connectivity index is 1.90. The van der Waals surface area contributed by atoms with Crippen LogP contribution in [0.4, 0.5) is 4.39 Å². The number of aromatic carboxylic acids is 1. The van der Waals surface area contributed by atoms with Gasteiger partial charge in [0.15, 0.2) is 0 Å². The van der Waals surface area contributed by atoms with Crippen molar-refractivity contribution in [3.8, 4) is 22.3 Å². The summed E-state index contributed by atoms with van der Waals surface area (Å²) < 4.78 is 13.8. The molecular weight excluding hydrogens is 319 g/mol. The van der Waals surface area contributed by atoms with E-state index in [1.165, 1.54) is 12.1 Å². The minimum atomic E-state index is -1.16. The van der Waals surface area contributed by atoms with E-state index in [4.69, 9.17) is 5.11 Å². The third-order valence-electron chi connectivity index (χ3n) is 4.09. The van der Waals surface area contributed by atoms with Crippen LogP contribution in [0.25, 0.3) is 33.3 Å². The van der Waals surface area contributed by atoms with Gasteiger partial charge in [-0.1, -0.05) is 30.3 Å². The second-order valence-corrected chi connectivity index (χ2v) is 5.72. The summed E-state index contributed by atoms with van der Waals surface area (Å²) in [6, 6.07) is 15.6. The van der Waals surface area contributed by atoms with E-state index in [9.17, 15) is 9.18 Å². The van der Waals surface area contributed by atoms with E-state index >= 15 is 0 Å². The molecule has 4 rings (SSSR count). The lowest BCUT2D eigenvalue weighted by Gasteiger charge is -2.05. The maximum absolute atomic E-state index is 13.8. The van der Waals surface area contributed by atoms with Gasteiger partial charge in [0, 0.05) is 28.9 Å². The Bertz CT molecular complexity index is 1090. The molecule has 0 saturated heterocycles. The molecule has 0 aliphatic carbocycles. The SMILES string of the molecule is O=C(O)c1cc(F)cc(-c2c[nH]c3ncc(-c4ccccc4)cc23)c1. The smallest absolute Gasteiger partial charge is 0.335 e. The number of nitrogens with one attached hydrogen (secondary N) is 1. The Labute approximate surface area is 142 Å². The predicted molar refractivity (Wildman–Crippen MR) is 93.9 cm³/mol. The number of fused-ring (bicyclic) bond motifs is 1. The number of aromatic nitrogens is 2. The molecule has 0 radical (unpaired) electrons. The summed E-state index contributed by atoms with van der Waals surface area (Å²) >= 11 is 0. The third-order valence-corrected chi connectivity index (χ3v) is 4.09. The molecule has 2 heterocycles. The summed E-state index contributed by atoms with van der Waals surface area (Å²) in [6.45, 7) is 0. The molecule has 0 atom stereocenters. The Morgan fingerprint density at radius 3 is 2.56 bits per heavy atom. The van der Waals surface area contributed by atoms with E-state index in [0.717, 1.165) is 22.6 Å². The van der Waals surface area contributed by atoms with E-state index in [0.29, 0.717) is 16.8 Å². The number of carbonyl (C=O) groups is 1. The molecule has 0 fully saturated rings. The average Bonchev–Trinajstić information content (AvgIpc) is 3.05. The van der Waals surface area contributed by atoms with Gasteiger partial charge >= 0.3 is 5.97 Å². The topological polar surface area (TPSA) is 66.0 Å². The molecule has 2 aromatic heterocycles. The molecule has 0 saturated carbocycles. The fourth-order valence-electron chi connectivity index (χ4n) is 2.90. The molecule has 0 amide bonds. The van der Waals surface area contributed by atoms with Crippen molar-refractivity contribution >= 4 is 17.0 Å². The summed E-state index contributed by atoms with van der Waals surface area (Å²) in [5, 5.41) is 9.96.